The van der Waals surface area contributed by atoms with Crippen LogP contribution in [0.15, 0.2) is 42.5 Å². The molecule has 1 aromatic heterocycles. The molecule has 6 heteroatoms. The highest BCUT2D eigenvalue weighted by Gasteiger charge is 2.12. The van der Waals surface area contributed by atoms with E-state index >= 15 is 0 Å². The summed E-state index contributed by atoms with van der Waals surface area (Å²) in [6.07, 6.45) is 0. The van der Waals surface area contributed by atoms with Gasteiger partial charge in [-0.15, -0.1) is 0 Å². The zero-order valence-corrected chi connectivity index (χ0v) is 15.9. The van der Waals surface area contributed by atoms with Gasteiger partial charge in [0.25, 0.3) is 5.91 Å². The fourth-order valence-electron chi connectivity index (χ4n) is 2.59. The zero-order chi connectivity index (χ0) is 18.5. The van der Waals surface area contributed by atoms with Crippen LogP contribution in [0.3, 0.4) is 0 Å². The molecular weight excluding hydrogens is 348 g/mol. The second-order valence-corrected chi connectivity index (χ2v) is 7.14. The fraction of sp³-hybridized carbons (Fsp3) is 0.300. The summed E-state index contributed by atoms with van der Waals surface area (Å²) in [5, 5.41) is 3.41. The maximum Gasteiger partial charge on any atom is 0.264 e. The Kier molecular flexibility index (Phi) is 5.73. The van der Waals surface area contributed by atoms with E-state index in [9.17, 15) is 4.79 Å². The molecule has 1 amide bonds. The number of fused-ring (bicyclic) bond motifs is 1. The molecule has 0 spiro atoms. The van der Waals surface area contributed by atoms with Crippen molar-refractivity contribution in [2.24, 2.45) is 0 Å². The summed E-state index contributed by atoms with van der Waals surface area (Å²) in [7, 11) is 0. The van der Waals surface area contributed by atoms with E-state index in [0.29, 0.717) is 23.4 Å². The first-order chi connectivity index (χ1) is 12.6. The Morgan fingerprint density at radius 1 is 1.12 bits per heavy atom. The molecule has 3 aromatic rings. The summed E-state index contributed by atoms with van der Waals surface area (Å²) in [5.41, 5.74) is 2.14. The van der Waals surface area contributed by atoms with E-state index in [0.717, 1.165) is 16.0 Å². The number of carbonyl (C=O) groups is 1. The van der Waals surface area contributed by atoms with E-state index in [1.807, 2.05) is 31.2 Å². The van der Waals surface area contributed by atoms with Crippen molar-refractivity contribution < 1.29 is 14.3 Å². The van der Waals surface area contributed by atoms with Crippen LogP contribution >= 0.6 is 11.3 Å². The van der Waals surface area contributed by atoms with Crippen molar-refractivity contribution in [1.29, 1.82) is 0 Å². The largest absolute Gasteiger partial charge is 0.494 e. The molecule has 0 aliphatic heterocycles. The van der Waals surface area contributed by atoms with Gasteiger partial charge in [0, 0.05) is 0 Å². The van der Waals surface area contributed by atoms with E-state index in [1.165, 1.54) is 16.9 Å². The maximum absolute atomic E-state index is 12.2. The summed E-state index contributed by atoms with van der Waals surface area (Å²) in [5.74, 6) is 1.55. The number of para-hydroxylation sites is 1. The third-order valence-electron chi connectivity index (χ3n) is 3.82. The number of ether oxygens (including phenoxy) is 2. The van der Waals surface area contributed by atoms with Crippen LogP contribution in [0, 0.1) is 0 Å². The number of hydrogen-bond acceptors (Lipinski definition) is 5. The summed E-state index contributed by atoms with van der Waals surface area (Å²) >= 11 is 1.47. The number of carbonyl (C=O) groups excluding carboxylic acids is 1. The van der Waals surface area contributed by atoms with Crippen LogP contribution in [0.4, 0.5) is 5.13 Å². The molecule has 26 heavy (non-hydrogen) atoms. The highest BCUT2D eigenvalue weighted by molar-refractivity contribution is 7.22. The molecule has 5 nitrogen and oxygen atoms in total. The first-order valence-corrected chi connectivity index (χ1v) is 9.43. The van der Waals surface area contributed by atoms with Gasteiger partial charge in [-0.3, -0.25) is 10.1 Å². The molecular formula is C20H22N2O3S. The second-order valence-electron chi connectivity index (χ2n) is 6.11. The number of anilines is 1. The van der Waals surface area contributed by atoms with Crippen LogP contribution in [0.5, 0.6) is 11.5 Å². The molecule has 0 atom stereocenters. The van der Waals surface area contributed by atoms with Crippen molar-refractivity contribution in [2.45, 2.75) is 26.7 Å². The molecule has 136 valence electrons. The molecule has 1 N–H and O–H groups in total. The first kappa shape index (κ1) is 18.2. The van der Waals surface area contributed by atoms with Gasteiger partial charge >= 0.3 is 0 Å². The number of hydrogen-bond donors (Lipinski definition) is 1. The van der Waals surface area contributed by atoms with Crippen LogP contribution in [0.1, 0.15) is 32.3 Å². The van der Waals surface area contributed by atoms with Gasteiger partial charge in [-0.25, -0.2) is 4.98 Å². The lowest BCUT2D eigenvalue weighted by molar-refractivity contribution is -0.118. The summed E-state index contributed by atoms with van der Waals surface area (Å²) < 4.78 is 12.0. The van der Waals surface area contributed by atoms with Crippen LogP contribution in [0.2, 0.25) is 0 Å². The number of benzene rings is 2. The van der Waals surface area contributed by atoms with Gasteiger partial charge in [0.05, 0.1) is 16.8 Å². The number of nitrogens with one attached hydrogen (secondary N) is 1. The minimum Gasteiger partial charge on any atom is -0.494 e. The van der Waals surface area contributed by atoms with Crippen molar-refractivity contribution >= 4 is 32.6 Å². The smallest absolute Gasteiger partial charge is 0.264 e. The molecule has 0 unspecified atom stereocenters. The Balaban J connectivity index is 1.61. The van der Waals surface area contributed by atoms with E-state index in [4.69, 9.17) is 9.47 Å². The van der Waals surface area contributed by atoms with Crippen molar-refractivity contribution in [3.63, 3.8) is 0 Å². The van der Waals surface area contributed by atoms with Gasteiger partial charge in [0.1, 0.15) is 11.5 Å². The molecule has 0 radical (unpaired) electrons. The summed E-state index contributed by atoms with van der Waals surface area (Å²) in [6, 6.07) is 13.3. The van der Waals surface area contributed by atoms with E-state index < -0.39 is 0 Å². The number of aromatic nitrogens is 1. The molecule has 1 heterocycles. The van der Waals surface area contributed by atoms with Gasteiger partial charge < -0.3 is 9.47 Å². The molecule has 3 rings (SSSR count). The van der Waals surface area contributed by atoms with Crippen molar-refractivity contribution in [3.05, 3.63) is 48.0 Å². The first-order valence-electron chi connectivity index (χ1n) is 8.61. The van der Waals surface area contributed by atoms with Gasteiger partial charge in [0.15, 0.2) is 11.7 Å². The molecule has 0 bridgehead atoms. The quantitative estimate of drug-likeness (QED) is 0.647. The molecule has 0 aliphatic rings. The second kappa shape index (κ2) is 8.19. The zero-order valence-electron chi connectivity index (χ0n) is 15.1. The monoisotopic (exact) mass is 370 g/mol. The number of thiazole rings is 1. The lowest BCUT2D eigenvalue weighted by Gasteiger charge is -2.07. The summed E-state index contributed by atoms with van der Waals surface area (Å²) in [6.45, 7) is 6.75. The van der Waals surface area contributed by atoms with Gasteiger partial charge in [0.2, 0.25) is 0 Å². The number of nitrogens with zero attached hydrogens (tertiary/aromatic N) is 1. The minimum absolute atomic E-state index is 0.0685. The van der Waals surface area contributed by atoms with Gasteiger partial charge in [-0.05, 0) is 48.7 Å². The minimum atomic E-state index is -0.232. The third-order valence-corrected chi connectivity index (χ3v) is 4.76. The normalized spacial score (nSPS) is 10.9. The van der Waals surface area contributed by atoms with Crippen LogP contribution in [0.25, 0.3) is 10.2 Å². The Hall–Kier alpha value is -2.60. The number of amides is 1. The average Bonchev–Trinajstić information content (AvgIpc) is 3.03. The van der Waals surface area contributed by atoms with E-state index in [-0.39, 0.29) is 12.5 Å². The van der Waals surface area contributed by atoms with Crippen molar-refractivity contribution in [3.8, 4) is 11.5 Å². The third kappa shape index (κ3) is 4.32. The van der Waals surface area contributed by atoms with E-state index in [2.05, 4.69) is 30.2 Å². The number of rotatable bonds is 7. The highest BCUT2D eigenvalue weighted by Crippen LogP contribution is 2.31. The molecule has 0 saturated heterocycles. The predicted octanol–water partition coefficient (Wildman–Crippen LogP) is 4.84. The Morgan fingerprint density at radius 2 is 1.81 bits per heavy atom. The SMILES string of the molecule is CCOc1ccc(OCC(=O)Nc2nc3c(C(C)C)cccc3s2)cc1. The molecule has 0 saturated carbocycles. The lowest BCUT2D eigenvalue weighted by Crippen LogP contribution is -2.20. The Labute approximate surface area is 157 Å². The Morgan fingerprint density at radius 3 is 2.46 bits per heavy atom. The standard InChI is InChI=1S/C20H22N2O3S/c1-4-24-14-8-10-15(11-9-14)25-12-18(23)21-20-22-19-16(13(2)3)6-5-7-17(19)26-20/h5-11,13H,4,12H2,1-3H3,(H,21,22,23). The van der Waals surface area contributed by atoms with Crippen molar-refractivity contribution in [2.75, 3.05) is 18.5 Å². The molecule has 0 fully saturated rings. The highest BCUT2D eigenvalue weighted by atomic mass is 32.1. The van der Waals surface area contributed by atoms with Crippen molar-refractivity contribution in [1.82, 2.24) is 4.98 Å². The Bertz CT molecular complexity index is 888. The predicted molar refractivity (Wildman–Crippen MR) is 105 cm³/mol. The average molecular weight is 370 g/mol. The van der Waals surface area contributed by atoms with Crippen LogP contribution < -0.4 is 14.8 Å². The topological polar surface area (TPSA) is 60.5 Å². The summed E-state index contributed by atoms with van der Waals surface area (Å²) in [4.78, 5) is 16.7. The molecule has 2 aromatic carbocycles. The molecule has 0 aliphatic carbocycles. The maximum atomic E-state index is 12.2. The fourth-order valence-corrected chi connectivity index (χ4v) is 3.51. The van der Waals surface area contributed by atoms with Crippen LogP contribution in [-0.2, 0) is 4.79 Å². The van der Waals surface area contributed by atoms with Gasteiger partial charge in [-0.1, -0.05) is 37.3 Å². The lowest BCUT2D eigenvalue weighted by atomic mass is 10.0. The van der Waals surface area contributed by atoms with E-state index in [1.54, 1.807) is 12.1 Å². The van der Waals surface area contributed by atoms with Gasteiger partial charge in [-0.2, -0.15) is 0 Å². The van der Waals surface area contributed by atoms with Crippen LogP contribution in [-0.4, -0.2) is 24.1 Å².